The van der Waals surface area contributed by atoms with Crippen LogP contribution in [-0.2, 0) is 36.9 Å². The van der Waals surface area contributed by atoms with Crippen molar-refractivity contribution in [2.24, 2.45) is 5.92 Å². The summed E-state index contributed by atoms with van der Waals surface area (Å²) in [6.07, 6.45) is 9.36. The van der Waals surface area contributed by atoms with Crippen LogP contribution in [0.3, 0.4) is 0 Å². The first-order valence-corrected chi connectivity index (χ1v) is 12.5. The van der Waals surface area contributed by atoms with Crippen LogP contribution in [0.15, 0.2) is 35.3 Å². The minimum atomic E-state index is -0.792. The minimum absolute atomic E-state index is 0. The van der Waals surface area contributed by atoms with Crippen molar-refractivity contribution in [3.8, 4) is 0 Å². The van der Waals surface area contributed by atoms with Crippen LogP contribution >= 0.6 is 0 Å². The average Bonchev–Trinajstić information content (AvgIpc) is 2.81. The summed E-state index contributed by atoms with van der Waals surface area (Å²) in [7, 11) is 0. The maximum Gasteiger partial charge on any atom is 0.330 e. The van der Waals surface area contributed by atoms with Crippen LogP contribution in [0.25, 0.3) is 0 Å². The van der Waals surface area contributed by atoms with Gasteiger partial charge in [-0.05, 0) is 38.2 Å². The van der Waals surface area contributed by atoms with E-state index in [-0.39, 0.29) is 62.0 Å². The van der Waals surface area contributed by atoms with E-state index in [1.165, 1.54) is 17.6 Å². The van der Waals surface area contributed by atoms with E-state index < -0.39 is 12.0 Å². The molecule has 0 aliphatic carbocycles. The van der Waals surface area contributed by atoms with E-state index in [2.05, 4.69) is 19.2 Å². The van der Waals surface area contributed by atoms with Crippen LogP contribution in [0.2, 0.25) is 0 Å². The number of amides is 1. The van der Waals surface area contributed by atoms with Gasteiger partial charge in [0, 0.05) is 37.6 Å². The van der Waals surface area contributed by atoms with Crippen molar-refractivity contribution in [3.05, 3.63) is 46.4 Å². The summed E-state index contributed by atoms with van der Waals surface area (Å²) in [5.41, 5.74) is -0.0993. The van der Waals surface area contributed by atoms with Crippen LogP contribution in [-0.4, -0.2) is 40.7 Å². The lowest BCUT2D eigenvalue weighted by atomic mass is 9.96. The number of ether oxygens (including phenoxy) is 1. The molecule has 0 unspecified atom stereocenters. The third-order valence-electron chi connectivity index (χ3n) is 5.96. The molecule has 1 aromatic rings. The smallest absolute Gasteiger partial charge is 0.330 e. The second kappa shape index (κ2) is 18.3. The van der Waals surface area contributed by atoms with Crippen molar-refractivity contribution in [1.29, 1.82) is 0 Å². The molecular formula is C28H44N2O6. The summed E-state index contributed by atoms with van der Waals surface area (Å²) < 4.78 is 6.16. The molecule has 0 aliphatic heterocycles. The lowest BCUT2D eigenvalue weighted by Gasteiger charge is -2.16. The number of nitrogens with one attached hydrogen (secondary N) is 1. The highest BCUT2D eigenvalue weighted by molar-refractivity contribution is 5.90. The molecule has 8 nitrogen and oxygen atoms in total. The van der Waals surface area contributed by atoms with Gasteiger partial charge in [0.25, 0.3) is 5.56 Å². The van der Waals surface area contributed by atoms with E-state index in [9.17, 15) is 24.0 Å². The molecule has 36 heavy (non-hydrogen) atoms. The van der Waals surface area contributed by atoms with Crippen LogP contribution in [0.1, 0.15) is 85.6 Å². The zero-order valence-electron chi connectivity index (χ0n) is 21.5. The number of carbonyl (C=O) groups is 4. The number of esters is 1. The van der Waals surface area contributed by atoms with Gasteiger partial charge in [-0.15, -0.1) is 0 Å². The Morgan fingerprint density at radius 2 is 1.81 bits per heavy atom. The average molecular weight is 505 g/mol. The first-order valence-electron chi connectivity index (χ1n) is 12.5. The molecule has 0 spiro atoms. The Kier molecular flexibility index (Phi) is 16.7. The van der Waals surface area contributed by atoms with Crippen LogP contribution in [0.4, 0.5) is 0 Å². The van der Waals surface area contributed by atoms with Crippen molar-refractivity contribution >= 4 is 23.4 Å². The summed E-state index contributed by atoms with van der Waals surface area (Å²) in [5, 5.41) is 2.62. The first kappa shape index (κ1) is 33.0. The number of nitrogens with zero attached hydrogens (tertiary/aromatic N) is 1. The topological polar surface area (TPSA) is 112 Å². The monoisotopic (exact) mass is 504 g/mol. The third kappa shape index (κ3) is 12.6. The molecule has 0 radical (unpaired) electrons. The van der Waals surface area contributed by atoms with Crippen LogP contribution in [0.5, 0.6) is 0 Å². The van der Waals surface area contributed by atoms with Crippen LogP contribution in [0, 0.1) is 5.92 Å². The van der Waals surface area contributed by atoms with Gasteiger partial charge in [-0.1, -0.05) is 52.7 Å². The molecule has 1 heterocycles. The highest BCUT2D eigenvalue weighted by Crippen LogP contribution is 2.16. The fourth-order valence-corrected chi connectivity index (χ4v) is 3.90. The van der Waals surface area contributed by atoms with Gasteiger partial charge in [-0.25, -0.2) is 4.79 Å². The fraction of sp³-hybridized carbons (Fsp3) is 0.607. The van der Waals surface area contributed by atoms with Gasteiger partial charge in [0.1, 0.15) is 0 Å². The van der Waals surface area contributed by atoms with E-state index >= 15 is 0 Å². The third-order valence-corrected chi connectivity index (χ3v) is 5.96. The maximum absolute atomic E-state index is 12.9. The molecule has 1 N–H and O–H groups in total. The number of pyridine rings is 1. The molecule has 0 saturated carbocycles. The van der Waals surface area contributed by atoms with Gasteiger partial charge in [0.05, 0.1) is 19.2 Å². The molecule has 1 amide bonds. The number of carbonyl (C=O) groups excluding carboxylic acids is 4. The second-order valence-electron chi connectivity index (χ2n) is 8.71. The summed E-state index contributed by atoms with van der Waals surface area (Å²) in [5.74, 6) is -0.522. The lowest BCUT2D eigenvalue weighted by molar-refractivity contribution is -0.137. The number of hydrogen-bond acceptors (Lipinski definition) is 6. The number of Topliss-reactive ketones (excluding diaryl/α,β-unsaturated/α-hetero) is 2. The molecular weight excluding hydrogens is 460 g/mol. The Hall–Kier alpha value is -3.03. The predicted molar refractivity (Wildman–Crippen MR) is 142 cm³/mol. The molecule has 8 heteroatoms. The molecule has 1 aromatic heterocycles. The quantitative estimate of drug-likeness (QED) is 0.252. The molecule has 0 bridgehead atoms. The van der Waals surface area contributed by atoms with Crippen LogP contribution < -0.4 is 10.9 Å². The number of allylic oxidation sites excluding steroid dienone is 1. The van der Waals surface area contributed by atoms with Gasteiger partial charge in [0.2, 0.25) is 5.91 Å². The van der Waals surface area contributed by atoms with Gasteiger partial charge >= 0.3 is 5.97 Å². The number of aromatic nitrogens is 1. The highest BCUT2D eigenvalue weighted by Gasteiger charge is 2.21. The van der Waals surface area contributed by atoms with Gasteiger partial charge < -0.3 is 14.6 Å². The largest absolute Gasteiger partial charge is 0.463 e. The predicted octanol–water partition coefficient (Wildman–Crippen LogP) is 4.18. The standard InChI is InChI=1S/C27H40N2O6.CH4/c1-5-21(6-2)12-10-14-23(31)19-29-17-11-13-22(27(29)34)18-25(32)24(28-20(4)30)15-8-9-16-26(33)35-7-3;/h9,11,13,16-17,21,24H,5-8,10,12,14-15,18-19H2,1-4H3,(H,28,30);1H4/b16-9+;/t24-;/m0./s1. The second-order valence-corrected chi connectivity index (χ2v) is 8.71. The molecule has 0 aliphatic rings. The van der Waals surface area contributed by atoms with E-state index in [0.717, 1.165) is 25.7 Å². The normalized spacial score (nSPS) is 11.7. The Labute approximate surface area is 215 Å². The number of rotatable bonds is 17. The zero-order chi connectivity index (χ0) is 26.2. The fourth-order valence-electron chi connectivity index (χ4n) is 3.90. The summed E-state index contributed by atoms with van der Waals surface area (Å²) >= 11 is 0. The zero-order valence-corrected chi connectivity index (χ0v) is 21.5. The molecule has 0 saturated heterocycles. The Balaban J connectivity index is 0.0000122. The number of hydrogen-bond donors (Lipinski definition) is 1. The van der Waals surface area contributed by atoms with Crippen molar-refractivity contribution < 1.29 is 23.9 Å². The minimum Gasteiger partial charge on any atom is -0.463 e. The highest BCUT2D eigenvalue weighted by atomic mass is 16.5. The van der Waals surface area contributed by atoms with Crippen molar-refractivity contribution in [2.45, 2.75) is 99.1 Å². The maximum atomic E-state index is 12.9. The van der Waals surface area contributed by atoms with Crippen molar-refractivity contribution in [3.63, 3.8) is 0 Å². The summed E-state index contributed by atoms with van der Waals surface area (Å²) in [6, 6.07) is 2.43. The van der Waals surface area contributed by atoms with E-state index in [1.54, 1.807) is 31.3 Å². The van der Waals surface area contributed by atoms with Gasteiger partial charge in [0.15, 0.2) is 11.6 Å². The molecule has 0 fully saturated rings. The Bertz CT molecular complexity index is 930. The summed E-state index contributed by atoms with van der Waals surface area (Å²) in [6.45, 7) is 7.59. The Morgan fingerprint density at radius 3 is 2.42 bits per heavy atom. The van der Waals surface area contributed by atoms with E-state index in [1.807, 2.05) is 0 Å². The first-order chi connectivity index (χ1) is 16.7. The molecule has 0 aromatic carbocycles. The van der Waals surface area contributed by atoms with E-state index in [4.69, 9.17) is 4.74 Å². The van der Waals surface area contributed by atoms with Crippen molar-refractivity contribution in [1.82, 2.24) is 9.88 Å². The number of ketones is 2. The molecule has 1 atom stereocenters. The molecule has 1 rings (SSSR count). The van der Waals surface area contributed by atoms with Crippen molar-refractivity contribution in [2.75, 3.05) is 6.61 Å². The Morgan fingerprint density at radius 1 is 1.11 bits per heavy atom. The van der Waals surface area contributed by atoms with Gasteiger partial charge in [-0.2, -0.15) is 0 Å². The summed E-state index contributed by atoms with van der Waals surface area (Å²) in [4.78, 5) is 61.1. The SMILES string of the molecule is C.CCOC(=O)/C=C/CC[C@H](NC(C)=O)C(=O)Cc1cccn(CC(=O)CCCC(CC)CC)c1=O. The van der Waals surface area contributed by atoms with E-state index in [0.29, 0.717) is 18.8 Å². The molecule has 202 valence electrons. The van der Waals surface area contributed by atoms with Gasteiger partial charge in [-0.3, -0.25) is 19.2 Å². The lowest BCUT2D eigenvalue weighted by Crippen LogP contribution is -2.41.